The van der Waals surface area contributed by atoms with Gasteiger partial charge >= 0.3 is 0 Å². The number of nitrogens with one attached hydrogen (secondary N) is 1. The van der Waals surface area contributed by atoms with E-state index in [2.05, 4.69) is 10.3 Å². The maximum atomic E-state index is 13.9. The van der Waals surface area contributed by atoms with Crippen molar-refractivity contribution in [2.24, 2.45) is 0 Å². The van der Waals surface area contributed by atoms with Gasteiger partial charge in [0.25, 0.3) is 5.91 Å². The average molecular weight is 253 g/mol. The highest BCUT2D eigenvalue weighted by atomic mass is 19.1. The topological polar surface area (TPSA) is 65.5 Å². The van der Waals surface area contributed by atoms with Crippen LogP contribution in [0.25, 0.3) is 0 Å². The Morgan fingerprint density at radius 3 is 2.83 bits per heavy atom. The van der Waals surface area contributed by atoms with Crippen LogP contribution >= 0.6 is 0 Å². The summed E-state index contributed by atoms with van der Waals surface area (Å²) in [4.78, 5) is 17.5. The molecule has 0 aromatic carbocycles. The Morgan fingerprint density at radius 2 is 2.22 bits per heavy atom. The standard InChI is InChI=1S/C12H16FN3O2/c1-14-11-10(13)9(2-5-15-11)12(18)16-6-3-8(17)4-7-16/h2,5,8,17H,3-4,6-7H2,1H3,(H,14,15). The Labute approximate surface area is 105 Å². The summed E-state index contributed by atoms with van der Waals surface area (Å²) in [7, 11) is 1.55. The predicted octanol–water partition coefficient (Wildman–Crippen LogP) is 0.859. The molecule has 5 nitrogen and oxygen atoms in total. The third-order valence-corrected chi connectivity index (χ3v) is 3.11. The maximum Gasteiger partial charge on any atom is 0.257 e. The van der Waals surface area contributed by atoms with Gasteiger partial charge in [-0.05, 0) is 18.9 Å². The number of halogens is 1. The van der Waals surface area contributed by atoms with Crippen molar-refractivity contribution in [3.63, 3.8) is 0 Å². The number of carbonyl (C=O) groups excluding carboxylic acids is 1. The highest BCUT2D eigenvalue weighted by Gasteiger charge is 2.25. The van der Waals surface area contributed by atoms with Crippen LogP contribution in [0.3, 0.4) is 0 Å². The number of piperidine rings is 1. The quantitative estimate of drug-likeness (QED) is 0.820. The molecule has 6 heteroatoms. The van der Waals surface area contributed by atoms with Gasteiger partial charge in [-0.1, -0.05) is 0 Å². The van der Waals surface area contributed by atoms with Gasteiger partial charge < -0.3 is 15.3 Å². The lowest BCUT2D eigenvalue weighted by Gasteiger charge is -2.29. The number of aliphatic hydroxyl groups is 1. The number of likely N-dealkylation sites (tertiary alicyclic amines) is 1. The smallest absolute Gasteiger partial charge is 0.257 e. The van der Waals surface area contributed by atoms with Crippen LogP contribution in [-0.4, -0.2) is 47.1 Å². The normalized spacial score (nSPS) is 16.7. The van der Waals surface area contributed by atoms with Gasteiger partial charge in [-0.3, -0.25) is 4.79 Å². The molecule has 18 heavy (non-hydrogen) atoms. The summed E-state index contributed by atoms with van der Waals surface area (Å²) in [6, 6.07) is 1.38. The van der Waals surface area contributed by atoms with Gasteiger partial charge in [0.15, 0.2) is 11.6 Å². The zero-order chi connectivity index (χ0) is 13.1. The fourth-order valence-corrected chi connectivity index (χ4v) is 2.02. The Hall–Kier alpha value is -1.69. The van der Waals surface area contributed by atoms with E-state index in [0.29, 0.717) is 25.9 Å². The molecule has 1 saturated heterocycles. The van der Waals surface area contributed by atoms with Gasteiger partial charge in [-0.15, -0.1) is 0 Å². The van der Waals surface area contributed by atoms with E-state index in [-0.39, 0.29) is 23.4 Å². The monoisotopic (exact) mass is 253 g/mol. The van der Waals surface area contributed by atoms with Crippen LogP contribution in [0.1, 0.15) is 23.2 Å². The van der Waals surface area contributed by atoms with Crippen LogP contribution in [0.2, 0.25) is 0 Å². The van der Waals surface area contributed by atoms with Crippen molar-refractivity contribution in [1.82, 2.24) is 9.88 Å². The minimum atomic E-state index is -0.629. The second-order valence-corrected chi connectivity index (χ2v) is 4.29. The van der Waals surface area contributed by atoms with Crippen LogP contribution in [0.4, 0.5) is 10.2 Å². The SMILES string of the molecule is CNc1nccc(C(=O)N2CCC(O)CC2)c1F. The fraction of sp³-hybridized carbons (Fsp3) is 0.500. The molecule has 0 spiro atoms. The zero-order valence-corrected chi connectivity index (χ0v) is 10.2. The van der Waals surface area contributed by atoms with Crippen molar-refractivity contribution in [3.05, 3.63) is 23.6 Å². The first-order valence-corrected chi connectivity index (χ1v) is 5.93. The van der Waals surface area contributed by atoms with E-state index >= 15 is 0 Å². The average Bonchev–Trinajstić information content (AvgIpc) is 2.39. The maximum absolute atomic E-state index is 13.9. The van der Waals surface area contributed by atoms with Gasteiger partial charge in [0.05, 0.1) is 11.7 Å². The Morgan fingerprint density at radius 1 is 1.56 bits per heavy atom. The molecule has 1 aliphatic rings. The second kappa shape index (κ2) is 5.30. The largest absolute Gasteiger partial charge is 0.393 e. The summed E-state index contributed by atoms with van der Waals surface area (Å²) in [6.07, 6.45) is 2.12. The number of aliphatic hydroxyl groups excluding tert-OH is 1. The first-order chi connectivity index (χ1) is 8.63. The van der Waals surface area contributed by atoms with E-state index in [9.17, 15) is 14.3 Å². The molecular formula is C12H16FN3O2. The molecule has 1 aliphatic heterocycles. The molecule has 0 bridgehead atoms. The number of aromatic nitrogens is 1. The lowest BCUT2D eigenvalue weighted by Crippen LogP contribution is -2.40. The summed E-state index contributed by atoms with van der Waals surface area (Å²) in [5.74, 6) is -0.910. The van der Waals surface area contributed by atoms with Crippen LogP contribution in [-0.2, 0) is 0 Å². The molecule has 2 rings (SSSR count). The first kappa shape index (κ1) is 12.8. The molecule has 1 amide bonds. The summed E-state index contributed by atoms with van der Waals surface area (Å²) in [5.41, 5.74) is 0.0192. The lowest BCUT2D eigenvalue weighted by atomic mass is 10.1. The highest BCUT2D eigenvalue weighted by molar-refractivity contribution is 5.95. The third kappa shape index (κ3) is 2.43. The van der Waals surface area contributed by atoms with Crippen LogP contribution in [0.5, 0.6) is 0 Å². The first-order valence-electron chi connectivity index (χ1n) is 5.93. The van der Waals surface area contributed by atoms with E-state index in [1.807, 2.05) is 0 Å². The summed E-state index contributed by atoms with van der Waals surface area (Å²) < 4.78 is 13.9. The predicted molar refractivity (Wildman–Crippen MR) is 64.9 cm³/mol. The Kier molecular flexibility index (Phi) is 3.76. The van der Waals surface area contributed by atoms with Crippen molar-refractivity contribution in [2.45, 2.75) is 18.9 Å². The molecule has 0 unspecified atom stereocenters. The number of anilines is 1. The molecule has 0 radical (unpaired) electrons. The van der Waals surface area contributed by atoms with E-state index < -0.39 is 5.82 Å². The number of amides is 1. The van der Waals surface area contributed by atoms with Gasteiger partial charge in [0.1, 0.15) is 0 Å². The van der Waals surface area contributed by atoms with Crippen molar-refractivity contribution in [3.8, 4) is 0 Å². The number of hydrogen-bond acceptors (Lipinski definition) is 4. The molecular weight excluding hydrogens is 237 g/mol. The third-order valence-electron chi connectivity index (χ3n) is 3.11. The molecule has 2 N–H and O–H groups in total. The summed E-state index contributed by atoms with van der Waals surface area (Å²) >= 11 is 0. The summed E-state index contributed by atoms with van der Waals surface area (Å²) in [6.45, 7) is 0.910. The van der Waals surface area contributed by atoms with Gasteiger partial charge in [0.2, 0.25) is 0 Å². The minimum Gasteiger partial charge on any atom is -0.393 e. The van der Waals surface area contributed by atoms with Crippen molar-refractivity contribution < 1.29 is 14.3 Å². The van der Waals surface area contributed by atoms with E-state index in [1.54, 1.807) is 11.9 Å². The van der Waals surface area contributed by atoms with Crippen molar-refractivity contribution >= 4 is 11.7 Å². The van der Waals surface area contributed by atoms with Gasteiger partial charge in [-0.25, -0.2) is 9.37 Å². The van der Waals surface area contributed by atoms with Gasteiger partial charge in [-0.2, -0.15) is 0 Å². The van der Waals surface area contributed by atoms with Crippen LogP contribution in [0.15, 0.2) is 12.3 Å². The zero-order valence-electron chi connectivity index (χ0n) is 10.2. The molecule has 1 aromatic heterocycles. The molecule has 1 fully saturated rings. The van der Waals surface area contributed by atoms with Crippen LogP contribution < -0.4 is 5.32 Å². The van der Waals surface area contributed by atoms with Crippen LogP contribution in [0, 0.1) is 5.82 Å². The molecule has 2 heterocycles. The van der Waals surface area contributed by atoms with Crippen molar-refractivity contribution in [1.29, 1.82) is 0 Å². The number of hydrogen-bond donors (Lipinski definition) is 2. The molecule has 0 saturated carbocycles. The Bertz CT molecular complexity index is 445. The number of pyridine rings is 1. The van der Waals surface area contributed by atoms with Crippen molar-refractivity contribution in [2.75, 3.05) is 25.5 Å². The Balaban J connectivity index is 2.18. The van der Waals surface area contributed by atoms with E-state index in [1.165, 1.54) is 12.3 Å². The molecule has 0 aliphatic carbocycles. The lowest BCUT2D eigenvalue weighted by molar-refractivity contribution is 0.0542. The fourth-order valence-electron chi connectivity index (χ4n) is 2.02. The number of nitrogens with zero attached hydrogens (tertiary/aromatic N) is 2. The number of carbonyl (C=O) groups is 1. The minimum absolute atomic E-state index is 0.0192. The molecule has 1 aromatic rings. The van der Waals surface area contributed by atoms with E-state index in [0.717, 1.165) is 0 Å². The van der Waals surface area contributed by atoms with E-state index in [4.69, 9.17) is 0 Å². The second-order valence-electron chi connectivity index (χ2n) is 4.29. The van der Waals surface area contributed by atoms with Gasteiger partial charge in [0, 0.05) is 26.3 Å². The molecule has 0 atom stereocenters. The highest BCUT2D eigenvalue weighted by Crippen LogP contribution is 2.19. The molecule has 98 valence electrons. The summed E-state index contributed by atoms with van der Waals surface area (Å²) in [5, 5.41) is 12.0. The number of rotatable bonds is 2.